The maximum atomic E-state index is 12.6. The molecule has 5 nitrogen and oxygen atoms in total. The Morgan fingerprint density at radius 2 is 1.91 bits per heavy atom. The molecule has 0 aliphatic rings. The zero-order valence-electron chi connectivity index (χ0n) is 13.7. The summed E-state index contributed by atoms with van der Waals surface area (Å²) in [7, 11) is -3.67. The summed E-state index contributed by atoms with van der Waals surface area (Å²) in [5.74, 6) is 0.392. The van der Waals surface area contributed by atoms with Crippen LogP contribution < -0.4 is 9.46 Å². The minimum Gasteiger partial charge on any atom is -0.492 e. The highest BCUT2D eigenvalue weighted by Gasteiger charge is 2.21. The third kappa shape index (κ3) is 4.53. The van der Waals surface area contributed by atoms with E-state index in [-0.39, 0.29) is 11.4 Å². The molecule has 1 aromatic carbocycles. The second-order valence-corrected chi connectivity index (χ2v) is 7.11. The topological polar surface area (TPSA) is 68.3 Å². The van der Waals surface area contributed by atoms with Crippen molar-refractivity contribution in [3.8, 4) is 5.75 Å². The van der Waals surface area contributed by atoms with Crippen molar-refractivity contribution in [2.75, 3.05) is 6.61 Å². The van der Waals surface area contributed by atoms with Gasteiger partial charge in [0.15, 0.2) is 0 Å². The summed E-state index contributed by atoms with van der Waals surface area (Å²) in [5, 5.41) is 0. The van der Waals surface area contributed by atoms with E-state index in [4.69, 9.17) is 4.74 Å². The number of pyridine rings is 1. The van der Waals surface area contributed by atoms with Crippen molar-refractivity contribution in [3.63, 3.8) is 0 Å². The maximum Gasteiger partial charge on any atom is 0.244 e. The standard InChI is InChI=1S/C17H22N2O3S/c1-4-9-22-16-10-13(2)14(3)11-17(16)23(20,21)19-12-15-7-5-6-8-18-15/h5-8,10-11,19H,4,9,12H2,1-3H3. The van der Waals surface area contributed by atoms with E-state index in [2.05, 4.69) is 9.71 Å². The first kappa shape index (κ1) is 17.4. The van der Waals surface area contributed by atoms with Crippen molar-refractivity contribution in [1.82, 2.24) is 9.71 Å². The van der Waals surface area contributed by atoms with Crippen molar-refractivity contribution in [1.29, 1.82) is 0 Å². The monoisotopic (exact) mass is 334 g/mol. The molecule has 1 aromatic heterocycles. The molecule has 2 rings (SSSR count). The van der Waals surface area contributed by atoms with E-state index >= 15 is 0 Å². The number of aromatic nitrogens is 1. The van der Waals surface area contributed by atoms with Crippen LogP contribution in [0.1, 0.15) is 30.2 Å². The van der Waals surface area contributed by atoms with E-state index in [0.29, 0.717) is 18.1 Å². The fourth-order valence-electron chi connectivity index (χ4n) is 2.05. The van der Waals surface area contributed by atoms with Gasteiger partial charge in [0, 0.05) is 6.20 Å². The number of hydrogen-bond donors (Lipinski definition) is 1. The zero-order valence-corrected chi connectivity index (χ0v) is 14.5. The van der Waals surface area contributed by atoms with E-state index in [0.717, 1.165) is 17.5 Å². The van der Waals surface area contributed by atoms with Crippen LogP contribution in [0.2, 0.25) is 0 Å². The van der Waals surface area contributed by atoms with Gasteiger partial charge in [0.2, 0.25) is 10.0 Å². The van der Waals surface area contributed by atoms with Gasteiger partial charge >= 0.3 is 0 Å². The average Bonchev–Trinajstić information content (AvgIpc) is 2.54. The van der Waals surface area contributed by atoms with E-state index in [9.17, 15) is 8.42 Å². The summed E-state index contributed by atoms with van der Waals surface area (Å²) in [4.78, 5) is 4.29. The Bertz CT molecular complexity index is 759. The molecule has 23 heavy (non-hydrogen) atoms. The summed E-state index contributed by atoms with van der Waals surface area (Å²) in [6, 6.07) is 8.82. The lowest BCUT2D eigenvalue weighted by Gasteiger charge is -2.14. The van der Waals surface area contributed by atoms with Gasteiger partial charge < -0.3 is 4.74 Å². The first-order chi connectivity index (χ1) is 10.9. The van der Waals surface area contributed by atoms with Gasteiger partial charge in [-0.05, 0) is 55.7 Å². The number of benzene rings is 1. The molecule has 0 spiro atoms. The first-order valence-electron chi connectivity index (χ1n) is 7.57. The lowest BCUT2D eigenvalue weighted by atomic mass is 10.1. The Balaban J connectivity index is 2.28. The highest BCUT2D eigenvalue weighted by molar-refractivity contribution is 7.89. The van der Waals surface area contributed by atoms with Crippen molar-refractivity contribution >= 4 is 10.0 Å². The molecule has 0 saturated heterocycles. The average molecular weight is 334 g/mol. The van der Waals surface area contributed by atoms with Gasteiger partial charge in [0.05, 0.1) is 18.8 Å². The number of nitrogens with one attached hydrogen (secondary N) is 1. The quantitative estimate of drug-likeness (QED) is 0.845. The molecule has 0 aliphatic heterocycles. The van der Waals surface area contributed by atoms with Gasteiger partial charge in [0.1, 0.15) is 10.6 Å². The van der Waals surface area contributed by atoms with Gasteiger partial charge in [-0.1, -0.05) is 13.0 Å². The van der Waals surface area contributed by atoms with Crippen molar-refractivity contribution in [2.24, 2.45) is 0 Å². The Kier molecular flexibility index (Phi) is 5.74. The van der Waals surface area contributed by atoms with Gasteiger partial charge in [-0.15, -0.1) is 0 Å². The van der Waals surface area contributed by atoms with E-state index in [1.165, 1.54) is 0 Å². The lowest BCUT2D eigenvalue weighted by molar-refractivity contribution is 0.309. The largest absolute Gasteiger partial charge is 0.492 e. The van der Waals surface area contributed by atoms with Crippen molar-refractivity contribution < 1.29 is 13.2 Å². The molecular formula is C17H22N2O3S. The van der Waals surface area contributed by atoms with Crippen molar-refractivity contribution in [3.05, 3.63) is 53.3 Å². The highest BCUT2D eigenvalue weighted by atomic mass is 32.2. The summed E-state index contributed by atoms with van der Waals surface area (Å²) < 4.78 is 33.5. The molecule has 0 atom stereocenters. The molecular weight excluding hydrogens is 312 g/mol. The van der Waals surface area contributed by atoms with Crippen LogP contribution in [-0.4, -0.2) is 20.0 Å². The Hall–Kier alpha value is -1.92. The van der Waals surface area contributed by atoms with Crippen LogP contribution in [0.3, 0.4) is 0 Å². The third-order valence-electron chi connectivity index (χ3n) is 3.48. The zero-order chi connectivity index (χ0) is 16.9. The summed E-state index contributed by atoms with van der Waals surface area (Å²) >= 11 is 0. The number of hydrogen-bond acceptors (Lipinski definition) is 4. The van der Waals surface area contributed by atoms with Gasteiger partial charge in [-0.25, -0.2) is 13.1 Å². The summed E-state index contributed by atoms with van der Waals surface area (Å²) in [6.45, 7) is 6.42. The van der Waals surface area contributed by atoms with Gasteiger partial charge in [-0.3, -0.25) is 4.98 Å². The molecule has 0 bridgehead atoms. The minimum atomic E-state index is -3.67. The number of rotatable bonds is 7. The Labute approximate surface area is 137 Å². The molecule has 0 radical (unpaired) electrons. The second-order valence-electron chi connectivity index (χ2n) is 5.38. The maximum absolute atomic E-state index is 12.6. The molecule has 2 aromatic rings. The van der Waals surface area contributed by atoms with Crippen LogP contribution in [0.5, 0.6) is 5.75 Å². The number of sulfonamides is 1. The summed E-state index contributed by atoms with van der Waals surface area (Å²) in [5.41, 5.74) is 2.57. The van der Waals surface area contributed by atoms with Crippen molar-refractivity contribution in [2.45, 2.75) is 38.6 Å². The molecule has 1 heterocycles. The highest BCUT2D eigenvalue weighted by Crippen LogP contribution is 2.27. The number of nitrogens with zero attached hydrogens (tertiary/aromatic N) is 1. The smallest absolute Gasteiger partial charge is 0.244 e. The lowest BCUT2D eigenvalue weighted by Crippen LogP contribution is -2.24. The van der Waals surface area contributed by atoms with Crippen LogP contribution in [-0.2, 0) is 16.6 Å². The van der Waals surface area contributed by atoms with Crippen LogP contribution in [0.25, 0.3) is 0 Å². The molecule has 0 unspecified atom stereocenters. The molecule has 1 N–H and O–H groups in total. The second kappa shape index (κ2) is 7.57. The third-order valence-corrected chi connectivity index (χ3v) is 4.90. The predicted molar refractivity (Wildman–Crippen MR) is 90.0 cm³/mol. The number of aryl methyl sites for hydroxylation is 2. The fourth-order valence-corrected chi connectivity index (χ4v) is 3.26. The molecule has 0 saturated carbocycles. The predicted octanol–water partition coefficient (Wildman–Crippen LogP) is 2.97. The van der Waals surface area contributed by atoms with Crippen LogP contribution in [0.4, 0.5) is 0 Å². The van der Waals surface area contributed by atoms with E-state index in [1.807, 2.05) is 26.8 Å². The van der Waals surface area contributed by atoms with Gasteiger partial charge in [-0.2, -0.15) is 0 Å². The molecule has 6 heteroatoms. The minimum absolute atomic E-state index is 0.142. The Morgan fingerprint density at radius 1 is 1.17 bits per heavy atom. The fraction of sp³-hybridized carbons (Fsp3) is 0.353. The van der Waals surface area contributed by atoms with Crippen LogP contribution in [0, 0.1) is 13.8 Å². The Morgan fingerprint density at radius 3 is 2.57 bits per heavy atom. The molecule has 0 aliphatic carbocycles. The van der Waals surface area contributed by atoms with E-state index < -0.39 is 10.0 Å². The SMILES string of the molecule is CCCOc1cc(C)c(C)cc1S(=O)(=O)NCc1ccccn1. The number of ether oxygens (including phenoxy) is 1. The molecule has 0 amide bonds. The first-order valence-corrected chi connectivity index (χ1v) is 9.06. The molecule has 0 fully saturated rings. The normalized spacial score (nSPS) is 11.4. The van der Waals surface area contributed by atoms with E-state index in [1.54, 1.807) is 30.5 Å². The van der Waals surface area contributed by atoms with Crippen LogP contribution >= 0.6 is 0 Å². The van der Waals surface area contributed by atoms with Crippen LogP contribution in [0.15, 0.2) is 41.4 Å². The molecule has 124 valence electrons. The van der Waals surface area contributed by atoms with Gasteiger partial charge in [0.25, 0.3) is 0 Å². The summed E-state index contributed by atoms with van der Waals surface area (Å²) in [6.07, 6.45) is 2.45.